The van der Waals surface area contributed by atoms with Gasteiger partial charge in [-0.3, -0.25) is 14.5 Å². The van der Waals surface area contributed by atoms with Crippen LogP contribution in [0.25, 0.3) is 0 Å². The van der Waals surface area contributed by atoms with E-state index in [4.69, 9.17) is 0 Å². The number of hydrogen-bond donors (Lipinski definition) is 1. The van der Waals surface area contributed by atoms with Gasteiger partial charge in [-0.2, -0.15) is 13.2 Å². The Morgan fingerprint density at radius 2 is 1.59 bits per heavy atom. The minimum Gasteiger partial charge on any atom is -0.324 e. The van der Waals surface area contributed by atoms with E-state index in [1.165, 1.54) is 30.9 Å². The highest BCUT2D eigenvalue weighted by Gasteiger charge is 2.37. The zero-order chi connectivity index (χ0) is 23.4. The Balaban J connectivity index is 1.96. The first-order valence-corrected chi connectivity index (χ1v) is 9.43. The summed E-state index contributed by atoms with van der Waals surface area (Å²) in [5.41, 5.74) is -1.06. The van der Waals surface area contributed by atoms with Crippen molar-refractivity contribution in [3.63, 3.8) is 0 Å². The molecule has 3 aromatic rings. The van der Waals surface area contributed by atoms with Crippen molar-refractivity contribution < 1.29 is 26.7 Å². The number of rotatable bonds is 2. The Bertz CT molecular complexity index is 1280. The van der Waals surface area contributed by atoms with Gasteiger partial charge in [0.1, 0.15) is 18.3 Å². The first-order valence-electron chi connectivity index (χ1n) is 9.43. The Kier molecular flexibility index (Phi) is 5.03. The number of aromatic amines is 1. The van der Waals surface area contributed by atoms with Crippen LogP contribution in [0.2, 0.25) is 0 Å². The number of H-pyrrole nitrogens is 1. The molecule has 0 radical (unpaired) electrons. The third-order valence-corrected chi connectivity index (χ3v) is 5.24. The number of pyridine rings is 1. The van der Waals surface area contributed by atoms with E-state index in [9.17, 15) is 31.5 Å². The van der Waals surface area contributed by atoms with Crippen LogP contribution in [0.4, 0.5) is 39.0 Å². The van der Waals surface area contributed by atoms with Crippen LogP contribution in [0.3, 0.4) is 0 Å². The molecule has 0 aliphatic carbocycles. The molecular weight excluding hydrogens is 433 g/mol. The van der Waals surface area contributed by atoms with Gasteiger partial charge in [0, 0.05) is 17.8 Å². The molecule has 0 atom stereocenters. The molecule has 1 N–H and O–H groups in total. The first kappa shape index (κ1) is 21.5. The Morgan fingerprint density at radius 1 is 0.906 bits per heavy atom. The van der Waals surface area contributed by atoms with Crippen molar-refractivity contribution in [3.8, 4) is 0 Å². The van der Waals surface area contributed by atoms with Crippen LogP contribution in [-0.4, -0.2) is 17.6 Å². The van der Waals surface area contributed by atoms with E-state index in [1.54, 1.807) is 0 Å². The number of amides is 1. The van der Waals surface area contributed by atoms with Crippen LogP contribution < -0.4 is 15.4 Å². The second-order valence-electron chi connectivity index (χ2n) is 7.42. The molecule has 1 aliphatic heterocycles. The van der Waals surface area contributed by atoms with Crippen molar-refractivity contribution in [2.75, 3.05) is 16.5 Å². The summed E-state index contributed by atoms with van der Waals surface area (Å²) in [6.45, 7) is 2.71. The summed E-state index contributed by atoms with van der Waals surface area (Å²) in [6, 6.07) is 6.88. The maximum Gasteiger partial charge on any atom is 0.416 e. The second kappa shape index (κ2) is 7.47. The van der Waals surface area contributed by atoms with Gasteiger partial charge in [-0.25, -0.2) is 8.78 Å². The number of aromatic nitrogens is 1. The van der Waals surface area contributed by atoms with Crippen molar-refractivity contribution in [3.05, 3.63) is 86.8 Å². The number of fused-ring (bicyclic) bond motifs is 1. The average Bonchev–Trinajstić information content (AvgIpc) is 2.68. The van der Waals surface area contributed by atoms with Gasteiger partial charge in [0.2, 0.25) is 5.56 Å². The fraction of sp³-hybridized carbons (Fsp3) is 0.182. The lowest BCUT2D eigenvalue weighted by atomic mass is 10.0. The monoisotopic (exact) mass is 449 g/mol. The molecule has 2 aromatic carbocycles. The second-order valence-corrected chi connectivity index (χ2v) is 7.42. The van der Waals surface area contributed by atoms with E-state index < -0.39 is 34.8 Å². The number of benzene rings is 2. The van der Waals surface area contributed by atoms with Crippen LogP contribution in [0.5, 0.6) is 0 Å². The summed E-state index contributed by atoms with van der Waals surface area (Å²) >= 11 is 0. The zero-order valence-corrected chi connectivity index (χ0v) is 16.8. The molecule has 5 nitrogen and oxygen atoms in total. The van der Waals surface area contributed by atoms with E-state index in [2.05, 4.69) is 4.98 Å². The molecule has 1 aromatic heterocycles. The zero-order valence-electron chi connectivity index (χ0n) is 16.8. The molecule has 1 amide bonds. The lowest BCUT2D eigenvalue weighted by Gasteiger charge is -2.39. The summed E-state index contributed by atoms with van der Waals surface area (Å²) < 4.78 is 68.5. The third-order valence-electron chi connectivity index (χ3n) is 5.24. The van der Waals surface area contributed by atoms with Crippen molar-refractivity contribution in [1.29, 1.82) is 0 Å². The molecule has 10 heteroatoms. The predicted molar refractivity (Wildman–Crippen MR) is 108 cm³/mol. The third kappa shape index (κ3) is 3.61. The van der Waals surface area contributed by atoms with Gasteiger partial charge in [0.05, 0.1) is 28.2 Å². The minimum absolute atomic E-state index is 0.0509. The van der Waals surface area contributed by atoms with E-state index >= 15 is 0 Å². The Morgan fingerprint density at radius 3 is 2.22 bits per heavy atom. The van der Waals surface area contributed by atoms with Crippen LogP contribution in [-0.2, 0) is 6.18 Å². The predicted octanol–water partition coefficient (Wildman–Crippen LogP) is 5.04. The lowest BCUT2D eigenvalue weighted by Crippen LogP contribution is -2.46. The highest BCUT2D eigenvalue weighted by molar-refractivity contribution is 6.13. The molecule has 4 rings (SSSR count). The number of alkyl halides is 3. The van der Waals surface area contributed by atoms with Crippen LogP contribution >= 0.6 is 0 Å². The van der Waals surface area contributed by atoms with Gasteiger partial charge < -0.3 is 9.88 Å². The molecule has 166 valence electrons. The summed E-state index contributed by atoms with van der Waals surface area (Å²) in [6.07, 6.45) is -4.70. The molecule has 1 aliphatic rings. The van der Waals surface area contributed by atoms with Gasteiger partial charge in [-0.05, 0) is 49.7 Å². The van der Waals surface area contributed by atoms with Crippen LogP contribution in [0.15, 0.2) is 47.3 Å². The minimum atomic E-state index is -4.70. The molecule has 32 heavy (non-hydrogen) atoms. The number of halogens is 5. The lowest BCUT2D eigenvalue weighted by molar-refractivity contribution is -0.137. The summed E-state index contributed by atoms with van der Waals surface area (Å²) in [5.74, 6) is -2.49. The quantitative estimate of drug-likeness (QED) is 0.558. The normalized spacial score (nSPS) is 14.0. The molecule has 2 heterocycles. The topological polar surface area (TPSA) is 56.4 Å². The van der Waals surface area contributed by atoms with E-state index in [1.807, 2.05) is 0 Å². The molecule has 0 spiro atoms. The van der Waals surface area contributed by atoms with Gasteiger partial charge in [0.15, 0.2) is 0 Å². The van der Waals surface area contributed by atoms with Crippen molar-refractivity contribution in [1.82, 2.24) is 4.98 Å². The summed E-state index contributed by atoms with van der Waals surface area (Å²) in [7, 11) is 0. The maximum atomic E-state index is 14.8. The number of nitrogens with zero attached hydrogens (tertiary/aromatic N) is 2. The number of aryl methyl sites for hydroxylation is 2. The van der Waals surface area contributed by atoms with E-state index in [0.29, 0.717) is 17.8 Å². The molecule has 0 bridgehead atoms. The van der Waals surface area contributed by atoms with Gasteiger partial charge in [-0.1, -0.05) is 0 Å². The number of carbonyl (C=O) groups excluding carboxylic acids is 1. The largest absolute Gasteiger partial charge is 0.416 e. The summed E-state index contributed by atoms with van der Waals surface area (Å²) in [4.78, 5) is 29.8. The number of anilines is 3. The van der Waals surface area contributed by atoms with E-state index in [0.717, 1.165) is 23.1 Å². The number of nitrogens with one attached hydrogen (secondary N) is 1. The highest BCUT2D eigenvalue weighted by Crippen LogP contribution is 2.41. The molecule has 0 unspecified atom stereocenters. The SMILES string of the molecule is Cc1cc(F)cc(F)c1N1CN(c2ccc(=O)[nH]c2C)C(=O)c2cc(C(F)(F)F)ccc21. The Labute approximate surface area is 178 Å². The highest BCUT2D eigenvalue weighted by atomic mass is 19.4. The van der Waals surface area contributed by atoms with E-state index in [-0.39, 0.29) is 34.9 Å². The first-order chi connectivity index (χ1) is 15.0. The fourth-order valence-electron chi connectivity index (χ4n) is 3.82. The molecular formula is C22H16F5N3O2. The van der Waals surface area contributed by atoms with Gasteiger partial charge in [-0.15, -0.1) is 0 Å². The van der Waals surface area contributed by atoms with Gasteiger partial charge in [0.25, 0.3) is 5.91 Å². The van der Waals surface area contributed by atoms with Crippen LogP contribution in [0, 0.1) is 25.5 Å². The van der Waals surface area contributed by atoms with Crippen molar-refractivity contribution >= 4 is 23.0 Å². The molecule has 0 fully saturated rings. The molecule has 0 saturated heterocycles. The smallest absolute Gasteiger partial charge is 0.324 e. The van der Waals surface area contributed by atoms with Gasteiger partial charge >= 0.3 is 6.18 Å². The maximum absolute atomic E-state index is 14.8. The molecule has 0 saturated carbocycles. The Hall–Kier alpha value is -3.69. The van der Waals surface area contributed by atoms with Crippen molar-refractivity contribution in [2.24, 2.45) is 0 Å². The van der Waals surface area contributed by atoms with Crippen LogP contribution in [0.1, 0.15) is 27.2 Å². The fourth-order valence-corrected chi connectivity index (χ4v) is 3.82. The summed E-state index contributed by atoms with van der Waals surface area (Å²) in [5, 5.41) is 0. The standard InChI is InChI=1S/C22H16F5N3O2/c1-11-7-14(23)9-16(24)20(11)29-10-30(17-5-6-19(31)28-12(17)2)21(32)15-8-13(22(25,26)27)3-4-18(15)29/h3-9H,10H2,1-2H3,(H,28,31). The van der Waals surface area contributed by atoms with Crippen molar-refractivity contribution in [2.45, 2.75) is 20.0 Å². The number of carbonyl (C=O) groups is 1. The number of hydrogen-bond acceptors (Lipinski definition) is 3. The average molecular weight is 449 g/mol.